The number of fused-ring (bicyclic) bond motifs is 1. The molecule has 3 unspecified atom stereocenters. The van der Waals surface area contributed by atoms with Gasteiger partial charge in [0.1, 0.15) is 6.29 Å². The van der Waals surface area contributed by atoms with E-state index in [1.165, 1.54) is 45.2 Å². The van der Waals surface area contributed by atoms with E-state index in [4.69, 9.17) is 0 Å². The second kappa shape index (κ2) is 7.92. The molecule has 3 atom stereocenters. The van der Waals surface area contributed by atoms with Crippen LogP contribution in [0.15, 0.2) is 28.7 Å². The summed E-state index contributed by atoms with van der Waals surface area (Å²) in [4.78, 5) is 5.31. The first kappa shape index (κ1) is 17.7. The maximum atomic E-state index is 3.87. The van der Waals surface area contributed by atoms with Crippen LogP contribution in [0, 0.1) is 0 Å². The summed E-state index contributed by atoms with van der Waals surface area (Å²) >= 11 is 3.64. The molecule has 1 saturated carbocycles. The Kier molecular flexibility index (Phi) is 5.62. The molecule has 3 aliphatic rings. The van der Waals surface area contributed by atoms with Gasteiger partial charge in [0.15, 0.2) is 0 Å². The lowest BCUT2D eigenvalue weighted by Gasteiger charge is -2.47. The number of likely N-dealkylation sites (N-methyl/N-ethyl adjacent to an activating group) is 1. The predicted molar refractivity (Wildman–Crippen MR) is 106 cm³/mol. The number of nitrogens with one attached hydrogen (secondary N) is 3. The Labute approximate surface area is 159 Å². The Balaban J connectivity index is 1.50. The molecule has 0 spiro atoms. The minimum absolute atomic E-state index is 0.0929. The average Bonchev–Trinajstić information content (AvgIpc) is 3.09. The van der Waals surface area contributed by atoms with Gasteiger partial charge in [-0.05, 0) is 60.9 Å². The zero-order valence-electron chi connectivity index (χ0n) is 15.0. The number of benzene rings is 1. The van der Waals surface area contributed by atoms with Crippen LogP contribution < -0.4 is 16.0 Å². The number of hydrogen-bond acceptors (Lipinski definition) is 5. The molecule has 2 aliphatic heterocycles. The minimum Gasteiger partial charge on any atom is -0.357 e. The SMILES string of the molecule is CN1CCCN(C2CCCC2)C2NC(Nc3ccccc3Br)NCC21. The largest absolute Gasteiger partial charge is 0.357 e. The summed E-state index contributed by atoms with van der Waals surface area (Å²) in [5, 5.41) is 11.1. The van der Waals surface area contributed by atoms with Crippen molar-refractivity contribution in [3.63, 3.8) is 0 Å². The van der Waals surface area contributed by atoms with E-state index in [0.717, 1.165) is 22.7 Å². The second-order valence-corrected chi connectivity index (χ2v) is 8.51. The maximum Gasteiger partial charge on any atom is 0.133 e. The van der Waals surface area contributed by atoms with E-state index in [2.05, 4.69) is 73.0 Å². The third kappa shape index (κ3) is 3.88. The van der Waals surface area contributed by atoms with Crippen molar-refractivity contribution >= 4 is 21.6 Å². The highest BCUT2D eigenvalue weighted by atomic mass is 79.9. The van der Waals surface area contributed by atoms with Crippen LogP contribution in [0.5, 0.6) is 0 Å². The minimum atomic E-state index is 0.0929. The Hall–Kier alpha value is -0.660. The highest BCUT2D eigenvalue weighted by Gasteiger charge is 2.40. The number of hydrogen-bond donors (Lipinski definition) is 3. The topological polar surface area (TPSA) is 42.6 Å². The molecule has 0 aromatic heterocycles. The third-order valence-electron chi connectivity index (χ3n) is 6.05. The summed E-state index contributed by atoms with van der Waals surface area (Å²) in [7, 11) is 2.28. The van der Waals surface area contributed by atoms with Gasteiger partial charge in [-0.3, -0.25) is 20.4 Å². The van der Waals surface area contributed by atoms with Gasteiger partial charge < -0.3 is 5.32 Å². The van der Waals surface area contributed by atoms with Gasteiger partial charge in [0.25, 0.3) is 0 Å². The zero-order valence-corrected chi connectivity index (χ0v) is 16.6. The van der Waals surface area contributed by atoms with E-state index in [-0.39, 0.29) is 6.29 Å². The molecule has 0 radical (unpaired) electrons. The second-order valence-electron chi connectivity index (χ2n) is 7.65. The molecule has 138 valence electrons. The van der Waals surface area contributed by atoms with Gasteiger partial charge in [-0.2, -0.15) is 0 Å². The van der Waals surface area contributed by atoms with Crippen LogP contribution in [-0.2, 0) is 0 Å². The summed E-state index contributed by atoms with van der Waals surface area (Å²) in [5.41, 5.74) is 1.13. The van der Waals surface area contributed by atoms with Crippen LogP contribution in [0.1, 0.15) is 32.1 Å². The van der Waals surface area contributed by atoms with Crippen molar-refractivity contribution in [2.24, 2.45) is 0 Å². The third-order valence-corrected chi connectivity index (χ3v) is 6.74. The van der Waals surface area contributed by atoms with Crippen molar-refractivity contribution in [3.05, 3.63) is 28.7 Å². The van der Waals surface area contributed by atoms with E-state index < -0.39 is 0 Å². The molecule has 1 aromatic carbocycles. The first-order chi connectivity index (χ1) is 12.2. The maximum absolute atomic E-state index is 3.87. The van der Waals surface area contributed by atoms with Crippen molar-refractivity contribution in [2.75, 3.05) is 32.0 Å². The molecular weight excluding hydrogens is 378 g/mol. The number of halogens is 1. The summed E-state index contributed by atoms with van der Waals surface area (Å²) in [6.45, 7) is 3.42. The molecular formula is C19H30BrN5. The summed E-state index contributed by atoms with van der Waals surface area (Å²) in [6.07, 6.45) is 7.29. The van der Waals surface area contributed by atoms with Crippen molar-refractivity contribution in [1.82, 2.24) is 20.4 Å². The molecule has 6 heteroatoms. The van der Waals surface area contributed by atoms with Gasteiger partial charge >= 0.3 is 0 Å². The molecule has 3 N–H and O–H groups in total. The number of rotatable bonds is 3. The molecule has 5 nitrogen and oxygen atoms in total. The van der Waals surface area contributed by atoms with Crippen molar-refractivity contribution in [1.29, 1.82) is 0 Å². The summed E-state index contributed by atoms with van der Waals surface area (Å²) in [6, 6.07) is 9.61. The normalized spacial score (nSPS) is 32.3. The first-order valence-corrected chi connectivity index (χ1v) is 10.5. The smallest absolute Gasteiger partial charge is 0.133 e. The predicted octanol–water partition coefficient (Wildman–Crippen LogP) is 2.61. The van der Waals surface area contributed by atoms with Crippen molar-refractivity contribution < 1.29 is 0 Å². The molecule has 2 heterocycles. The molecule has 0 bridgehead atoms. The number of nitrogens with zero attached hydrogens (tertiary/aromatic N) is 2. The molecule has 25 heavy (non-hydrogen) atoms. The van der Waals surface area contributed by atoms with Crippen molar-refractivity contribution in [2.45, 2.75) is 56.6 Å². The lowest BCUT2D eigenvalue weighted by molar-refractivity contribution is 0.0363. The Morgan fingerprint density at radius 2 is 1.92 bits per heavy atom. The van der Waals surface area contributed by atoms with Crippen LogP contribution in [-0.4, -0.2) is 61.0 Å². The molecule has 3 fully saturated rings. The Morgan fingerprint density at radius 1 is 1.12 bits per heavy atom. The van der Waals surface area contributed by atoms with E-state index in [0.29, 0.717) is 12.2 Å². The first-order valence-electron chi connectivity index (χ1n) is 9.69. The van der Waals surface area contributed by atoms with Crippen LogP contribution in [0.25, 0.3) is 0 Å². The average molecular weight is 408 g/mol. The van der Waals surface area contributed by atoms with Gasteiger partial charge in [0.05, 0.1) is 17.9 Å². The summed E-state index contributed by atoms with van der Waals surface area (Å²) < 4.78 is 1.10. The molecule has 0 amide bonds. The number of para-hydroxylation sites is 1. The molecule has 4 rings (SSSR count). The highest BCUT2D eigenvalue weighted by Crippen LogP contribution is 2.29. The lowest BCUT2D eigenvalue weighted by atomic mass is 10.1. The fourth-order valence-corrected chi connectivity index (χ4v) is 5.08. The van der Waals surface area contributed by atoms with Gasteiger partial charge in [-0.1, -0.05) is 25.0 Å². The molecule has 1 aromatic rings. The van der Waals surface area contributed by atoms with Crippen LogP contribution in [0.2, 0.25) is 0 Å². The van der Waals surface area contributed by atoms with E-state index in [9.17, 15) is 0 Å². The van der Waals surface area contributed by atoms with Gasteiger partial charge in [-0.15, -0.1) is 0 Å². The standard InChI is InChI=1S/C19H30BrN5/c1-24-11-6-12-25(14-7-2-3-8-14)18-17(24)13-21-19(23-18)22-16-10-5-4-9-15(16)20/h4-5,9-10,14,17-19,21-23H,2-3,6-8,11-13H2,1H3. The summed E-state index contributed by atoms with van der Waals surface area (Å²) in [5.74, 6) is 0. The Bertz CT molecular complexity index is 577. The Morgan fingerprint density at radius 3 is 2.72 bits per heavy atom. The van der Waals surface area contributed by atoms with Gasteiger partial charge in [0.2, 0.25) is 0 Å². The van der Waals surface area contributed by atoms with Gasteiger partial charge in [0, 0.05) is 23.6 Å². The monoisotopic (exact) mass is 407 g/mol. The quantitative estimate of drug-likeness (QED) is 0.718. The highest BCUT2D eigenvalue weighted by molar-refractivity contribution is 9.10. The van der Waals surface area contributed by atoms with Crippen molar-refractivity contribution in [3.8, 4) is 0 Å². The van der Waals surface area contributed by atoms with Crippen LogP contribution in [0.3, 0.4) is 0 Å². The van der Waals surface area contributed by atoms with Gasteiger partial charge in [-0.25, -0.2) is 0 Å². The van der Waals surface area contributed by atoms with Crippen LogP contribution >= 0.6 is 15.9 Å². The van der Waals surface area contributed by atoms with E-state index in [1.807, 2.05) is 0 Å². The molecule has 2 saturated heterocycles. The lowest BCUT2D eigenvalue weighted by Crippen LogP contribution is -2.71. The zero-order chi connectivity index (χ0) is 17.2. The number of anilines is 1. The van der Waals surface area contributed by atoms with Crippen LogP contribution in [0.4, 0.5) is 5.69 Å². The fourth-order valence-electron chi connectivity index (χ4n) is 4.68. The molecule has 1 aliphatic carbocycles. The fraction of sp³-hybridized carbons (Fsp3) is 0.684. The van der Waals surface area contributed by atoms with E-state index >= 15 is 0 Å². The van der Waals surface area contributed by atoms with E-state index in [1.54, 1.807) is 0 Å².